The zero-order chi connectivity index (χ0) is 10.4. The minimum atomic E-state index is -2.80. The van der Waals surface area contributed by atoms with Crippen LogP contribution < -0.4 is 5.32 Å². The van der Waals surface area contributed by atoms with Gasteiger partial charge < -0.3 is 5.32 Å². The second-order valence-electron chi connectivity index (χ2n) is 4.11. The molecule has 1 unspecified atom stereocenters. The van der Waals surface area contributed by atoms with Crippen LogP contribution in [0.4, 0.5) is 0 Å². The summed E-state index contributed by atoms with van der Waals surface area (Å²) < 4.78 is 23.2. The lowest BCUT2D eigenvalue weighted by Crippen LogP contribution is -2.31. The fourth-order valence-corrected chi connectivity index (χ4v) is 3.57. The minimum Gasteiger partial charge on any atom is -0.313 e. The average molecular weight is 219 g/mol. The third-order valence-corrected chi connectivity index (χ3v) is 4.50. The van der Waals surface area contributed by atoms with E-state index in [2.05, 4.69) is 12.2 Å². The van der Waals surface area contributed by atoms with E-state index in [4.69, 9.17) is 0 Å². The first-order chi connectivity index (χ1) is 6.64. The number of rotatable bonds is 6. The largest absolute Gasteiger partial charge is 0.313 e. The molecule has 0 aromatic carbocycles. The second kappa shape index (κ2) is 5.71. The Labute approximate surface area is 87.2 Å². The van der Waals surface area contributed by atoms with Gasteiger partial charge in [0.25, 0.3) is 0 Å². The van der Waals surface area contributed by atoms with Gasteiger partial charge in [-0.05, 0) is 25.8 Å². The van der Waals surface area contributed by atoms with Crippen molar-refractivity contribution in [2.45, 2.75) is 45.1 Å². The lowest BCUT2D eigenvalue weighted by molar-refractivity contribution is 0.572. The third-order valence-electron chi connectivity index (χ3n) is 2.68. The van der Waals surface area contributed by atoms with Crippen molar-refractivity contribution in [1.29, 1.82) is 0 Å². The summed E-state index contributed by atoms with van der Waals surface area (Å²) in [6.07, 6.45) is 5.07. The highest BCUT2D eigenvalue weighted by molar-refractivity contribution is 7.91. The topological polar surface area (TPSA) is 46.2 Å². The zero-order valence-electron chi connectivity index (χ0n) is 8.96. The Bertz CT molecular complexity index is 243. The van der Waals surface area contributed by atoms with Crippen LogP contribution in [0.15, 0.2) is 0 Å². The molecule has 1 aliphatic heterocycles. The Morgan fingerprint density at radius 2 is 2.14 bits per heavy atom. The predicted octanol–water partition coefficient (Wildman–Crippen LogP) is 1.34. The maximum atomic E-state index is 11.6. The molecule has 0 aliphatic carbocycles. The second-order valence-corrected chi connectivity index (χ2v) is 6.34. The van der Waals surface area contributed by atoms with Gasteiger partial charge in [-0.2, -0.15) is 0 Å². The third kappa shape index (κ3) is 4.42. The zero-order valence-corrected chi connectivity index (χ0v) is 9.78. The first-order valence-corrected chi connectivity index (χ1v) is 7.40. The van der Waals surface area contributed by atoms with Crippen LogP contribution in [-0.2, 0) is 9.84 Å². The first kappa shape index (κ1) is 12.0. The van der Waals surface area contributed by atoms with Gasteiger partial charge in [0.2, 0.25) is 0 Å². The number of hydrogen-bond donors (Lipinski definition) is 1. The van der Waals surface area contributed by atoms with Crippen LogP contribution in [0.5, 0.6) is 0 Å². The van der Waals surface area contributed by atoms with Gasteiger partial charge in [0.1, 0.15) is 0 Å². The monoisotopic (exact) mass is 219 g/mol. The Morgan fingerprint density at radius 1 is 1.36 bits per heavy atom. The van der Waals surface area contributed by atoms with Gasteiger partial charge in [0, 0.05) is 6.04 Å². The van der Waals surface area contributed by atoms with Gasteiger partial charge in [-0.15, -0.1) is 0 Å². The number of sulfone groups is 1. The SMILES string of the molecule is CCCCCS(=O)(=O)CC1CCCN1. The lowest BCUT2D eigenvalue weighted by atomic mass is 10.3. The molecule has 1 saturated heterocycles. The Kier molecular flexibility index (Phi) is 4.89. The summed E-state index contributed by atoms with van der Waals surface area (Å²) in [7, 11) is -2.80. The van der Waals surface area contributed by atoms with E-state index in [0.717, 1.165) is 38.6 Å². The molecule has 1 aliphatic rings. The number of hydrogen-bond acceptors (Lipinski definition) is 3. The van der Waals surface area contributed by atoms with E-state index in [1.165, 1.54) is 0 Å². The molecule has 0 saturated carbocycles. The molecule has 1 N–H and O–H groups in total. The van der Waals surface area contributed by atoms with Crippen molar-refractivity contribution in [2.75, 3.05) is 18.1 Å². The summed E-state index contributed by atoms with van der Waals surface area (Å²) in [4.78, 5) is 0. The molecule has 0 amide bonds. The van der Waals surface area contributed by atoms with Crippen molar-refractivity contribution in [3.63, 3.8) is 0 Å². The molecule has 1 atom stereocenters. The Balaban J connectivity index is 2.26. The van der Waals surface area contributed by atoms with Crippen LogP contribution in [0, 0.1) is 0 Å². The molecule has 1 rings (SSSR count). The van der Waals surface area contributed by atoms with E-state index in [1.807, 2.05) is 0 Å². The van der Waals surface area contributed by atoms with Crippen LogP contribution in [0.25, 0.3) is 0 Å². The van der Waals surface area contributed by atoms with Crippen molar-refractivity contribution in [3.05, 3.63) is 0 Å². The molecular weight excluding hydrogens is 198 g/mol. The summed E-state index contributed by atoms with van der Waals surface area (Å²) in [5.74, 6) is 0.718. The van der Waals surface area contributed by atoms with E-state index >= 15 is 0 Å². The van der Waals surface area contributed by atoms with Gasteiger partial charge in [-0.25, -0.2) is 8.42 Å². The van der Waals surface area contributed by atoms with E-state index in [0.29, 0.717) is 11.5 Å². The fourth-order valence-electron chi connectivity index (χ4n) is 1.86. The minimum absolute atomic E-state index is 0.224. The van der Waals surface area contributed by atoms with Crippen LogP contribution in [0.2, 0.25) is 0 Å². The van der Waals surface area contributed by atoms with E-state index in [-0.39, 0.29) is 6.04 Å². The number of unbranched alkanes of at least 4 members (excludes halogenated alkanes) is 2. The molecule has 84 valence electrons. The quantitative estimate of drug-likeness (QED) is 0.686. The standard InChI is InChI=1S/C10H21NO2S/c1-2-3-4-8-14(12,13)9-10-6-5-7-11-10/h10-11H,2-9H2,1H3. The van der Waals surface area contributed by atoms with Crippen molar-refractivity contribution < 1.29 is 8.42 Å². The van der Waals surface area contributed by atoms with Crippen LogP contribution in [0.3, 0.4) is 0 Å². The van der Waals surface area contributed by atoms with Crippen LogP contribution in [-0.4, -0.2) is 32.5 Å². The van der Waals surface area contributed by atoms with Gasteiger partial charge in [-0.3, -0.25) is 0 Å². The predicted molar refractivity (Wildman–Crippen MR) is 59.2 cm³/mol. The first-order valence-electron chi connectivity index (χ1n) is 5.58. The molecular formula is C10H21NO2S. The molecule has 0 aromatic heterocycles. The molecule has 3 nitrogen and oxygen atoms in total. The van der Waals surface area contributed by atoms with E-state index in [9.17, 15) is 8.42 Å². The van der Waals surface area contributed by atoms with Gasteiger partial charge in [-0.1, -0.05) is 19.8 Å². The van der Waals surface area contributed by atoms with Gasteiger partial charge in [0.15, 0.2) is 9.84 Å². The molecule has 0 radical (unpaired) electrons. The molecule has 1 fully saturated rings. The maximum absolute atomic E-state index is 11.6. The molecule has 0 aromatic rings. The summed E-state index contributed by atoms with van der Waals surface area (Å²) in [5, 5.41) is 3.22. The number of nitrogens with one attached hydrogen (secondary N) is 1. The maximum Gasteiger partial charge on any atom is 0.151 e. The van der Waals surface area contributed by atoms with Crippen molar-refractivity contribution in [3.8, 4) is 0 Å². The normalized spacial score (nSPS) is 22.8. The molecule has 0 spiro atoms. The molecule has 14 heavy (non-hydrogen) atoms. The summed E-state index contributed by atoms with van der Waals surface area (Å²) in [6.45, 7) is 3.07. The Morgan fingerprint density at radius 3 is 2.71 bits per heavy atom. The highest BCUT2D eigenvalue weighted by Gasteiger charge is 2.21. The summed E-state index contributed by atoms with van der Waals surface area (Å²) in [5.41, 5.74) is 0. The Hall–Kier alpha value is -0.0900. The fraction of sp³-hybridized carbons (Fsp3) is 1.00. The molecule has 0 bridgehead atoms. The molecule has 1 heterocycles. The van der Waals surface area contributed by atoms with Crippen molar-refractivity contribution >= 4 is 9.84 Å². The highest BCUT2D eigenvalue weighted by atomic mass is 32.2. The highest BCUT2D eigenvalue weighted by Crippen LogP contribution is 2.09. The van der Waals surface area contributed by atoms with E-state index in [1.54, 1.807) is 0 Å². The summed E-state index contributed by atoms with van der Waals surface area (Å²) >= 11 is 0. The average Bonchev–Trinajstić information content (AvgIpc) is 2.56. The van der Waals surface area contributed by atoms with Crippen molar-refractivity contribution in [2.24, 2.45) is 0 Å². The van der Waals surface area contributed by atoms with Crippen molar-refractivity contribution in [1.82, 2.24) is 5.32 Å². The lowest BCUT2D eigenvalue weighted by Gasteiger charge is -2.10. The van der Waals surface area contributed by atoms with Gasteiger partial charge in [0.05, 0.1) is 11.5 Å². The smallest absolute Gasteiger partial charge is 0.151 e. The van der Waals surface area contributed by atoms with Crippen LogP contribution in [0.1, 0.15) is 39.0 Å². The molecule has 4 heteroatoms. The summed E-state index contributed by atoms with van der Waals surface area (Å²) in [6, 6.07) is 0.224. The van der Waals surface area contributed by atoms with Crippen LogP contribution >= 0.6 is 0 Å². The van der Waals surface area contributed by atoms with E-state index < -0.39 is 9.84 Å². The van der Waals surface area contributed by atoms with Gasteiger partial charge >= 0.3 is 0 Å².